The number of carbonyl (C=O) groups is 2. The van der Waals surface area contributed by atoms with Crippen LogP contribution >= 0.6 is 0 Å². The van der Waals surface area contributed by atoms with Crippen LogP contribution in [0.4, 0.5) is 0 Å². The Morgan fingerprint density at radius 3 is 2.35 bits per heavy atom. The highest BCUT2D eigenvalue weighted by atomic mass is 32.2. The third kappa shape index (κ3) is 3.29. The number of carboxylic acid groups (broad SMARTS) is 1. The van der Waals surface area contributed by atoms with Gasteiger partial charge in [0.1, 0.15) is 6.04 Å². The molecular formula is C12H21NO6S. The van der Waals surface area contributed by atoms with E-state index in [1.165, 1.54) is 21.1 Å². The lowest BCUT2D eigenvalue weighted by molar-refractivity contribution is -0.146. The van der Waals surface area contributed by atoms with E-state index in [0.29, 0.717) is 19.3 Å². The predicted octanol–water partition coefficient (Wildman–Crippen LogP) is 0.453. The van der Waals surface area contributed by atoms with Crippen molar-refractivity contribution in [3.8, 4) is 0 Å². The monoisotopic (exact) mass is 307 g/mol. The zero-order valence-corrected chi connectivity index (χ0v) is 12.7. The number of aliphatic carboxylic acids is 1. The minimum atomic E-state index is -3.86. The molecule has 1 aliphatic carbocycles. The summed E-state index contributed by atoms with van der Waals surface area (Å²) in [6.07, 6.45) is 2.27. The third-order valence-electron chi connectivity index (χ3n) is 3.89. The highest BCUT2D eigenvalue weighted by Crippen LogP contribution is 2.32. The van der Waals surface area contributed by atoms with E-state index in [2.05, 4.69) is 4.74 Å². The maximum absolute atomic E-state index is 12.5. The van der Waals surface area contributed by atoms with E-state index in [4.69, 9.17) is 5.11 Å². The van der Waals surface area contributed by atoms with Gasteiger partial charge in [-0.1, -0.05) is 12.8 Å². The Balaban J connectivity index is 3.04. The zero-order chi connectivity index (χ0) is 15.5. The van der Waals surface area contributed by atoms with Crippen LogP contribution < -0.4 is 0 Å². The summed E-state index contributed by atoms with van der Waals surface area (Å²) < 4.78 is 30.5. The van der Waals surface area contributed by atoms with Crippen LogP contribution in [0.5, 0.6) is 0 Å². The second kappa shape index (κ2) is 6.53. The maximum atomic E-state index is 12.5. The van der Waals surface area contributed by atoms with Crippen molar-refractivity contribution in [2.24, 2.45) is 5.92 Å². The first-order chi connectivity index (χ1) is 9.23. The van der Waals surface area contributed by atoms with Crippen LogP contribution in [0.25, 0.3) is 0 Å². The van der Waals surface area contributed by atoms with E-state index in [9.17, 15) is 18.0 Å². The quantitative estimate of drug-likeness (QED) is 0.740. The van der Waals surface area contributed by atoms with E-state index >= 15 is 0 Å². The molecule has 116 valence electrons. The first-order valence-electron chi connectivity index (χ1n) is 6.51. The average Bonchev–Trinajstić information content (AvgIpc) is 2.44. The molecule has 0 saturated heterocycles. The Kier molecular flexibility index (Phi) is 5.52. The highest BCUT2D eigenvalue weighted by Gasteiger charge is 2.44. The lowest BCUT2D eigenvalue weighted by Crippen LogP contribution is -2.49. The first kappa shape index (κ1) is 16.9. The molecule has 0 radical (unpaired) electrons. The molecule has 0 aliphatic heterocycles. The number of esters is 1. The molecule has 0 aromatic heterocycles. The normalized spacial score (nSPS) is 25.2. The molecule has 1 rings (SSSR count). The molecule has 0 spiro atoms. The summed E-state index contributed by atoms with van der Waals surface area (Å²) in [7, 11) is -1.40. The van der Waals surface area contributed by atoms with Gasteiger partial charge in [0.2, 0.25) is 10.0 Å². The van der Waals surface area contributed by atoms with Gasteiger partial charge >= 0.3 is 11.9 Å². The lowest BCUT2D eigenvalue weighted by Gasteiger charge is -2.33. The number of hydrogen-bond acceptors (Lipinski definition) is 5. The number of nitrogens with zero attached hydrogens (tertiary/aromatic N) is 1. The zero-order valence-electron chi connectivity index (χ0n) is 11.9. The summed E-state index contributed by atoms with van der Waals surface area (Å²) in [4.78, 5) is 22.7. The second-order valence-corrected chi connectivity index (χ2v) is 7.24. The van der Waals surface area contributed by atoms with Crippen molar-refractivity contribution in [2.75, 3.05) is 14.2 Å². The van der Waals surface area contributed by atoms with E-state index < -0.39 is 39.2 Å². The molecule has 7 nitrogen and oxygen atoms in total. The Labute approximate surface area is 118 Å². The van der Waals surface area contributed by atoms with Crippen LogP contribution in [0.15, 0.2) is 0 Å². The molecule has 0 heterocycles. The smallest absolute Gasteiger partial charge is 0.321 e. The highest BCUT2D eigenvalue weighted by molar-refractivity contribution is 7.89. The third-order valence-corrected chi connectivity index (χ3v) is 6.34. The number of methoxy groups -OCH3 is 1. The Bertz CT molecular complexity index is 474. The standard InChI is InChI=1S/C12H21NO6S/c1-8(11(14)15)13(2)20(17,18)10-7-5-4-6-9(10)12(16)19-3/h8-10H,4-7H2,1-3H3,(H,14,15). The molecule has 1 N–H and O–H groups in total. The minimum Gasteiger partial charge on any atom is -0.480 e. The van der Waals surface area contributed by atoms with Gasteiger partial charge in [-0.25, -0.2) is 8.42 Å². The number of likely N-dealkylation sites (N-methyl/N-ethyl adjacent to an activating group) is 1. The Hall–Kier alpha value is -1.15. The molecule has 3 unspecified atom stereocenters. The molecule has 0 aromatic rings. The fourth-order valence-corrected chi connectivity index (χ4v) is 4.55. The summed E-state index contributed by atoms with van der Waals surface area (Å²) in [6.45, 7) is 1.30. The van der Waals surface area contributed by atoms with Crippen LogP contribution in [0.2, 0.25) is 0 Å². The van der Waals surface area contributed by atoms with Crippen LogP contribution in [-0.2, 0) is 24.3 Å². The Morgan fingerprint density at radius 2 is 1.85 bits per heavy atom. The van der Waals surface area contributed by atoms with Gasteiger partial charge in [-0.05, 0) is 19.8 Å². The number of sulfonamides is 1. The summed E-state index contributed by atoms with van der Waals surface area (Å²) in [6, 6.07) is -1.17. The second-order valence-electron chi connectivity index (χ2n) is 5.03. The molecule has 1 saturated carbocycles. The molecule has 8 heteroatoms. The van der Waals surface area contributed by atoms with Crippen LogP contribution in [-0.4, -0.2) is 55.2 Å². The van der Waals surface area contributed by atoms with Gasteiger partial charge in [0.05, 0.1) is 18.3 Å². The maximum Gasteiger partial charge on any atom is 0.321 e. The van der Waals surface area contributed by atoms with Crippen molar-refractivity contribution in [2.45, 2.75) is 43.9 Å². The molecule has 1 fully saturated rings. The van der Waals surface area contributed by atoms with E-state index in [1.807, 2.05) is 0 Å². The predicted molar refractivity (Wildman–Crippen MR) is 71.5 cm³/mol. The van der Waals surface area contributed by atoms with E-state index in [0.717, 1.165) is 10.7 Å². The first-order valence-corrected chi connectivity index (χ1v) is 8.01. The van der Waals surface area contributed by atoms with Gasteiger partial charge in [0, 0.05) is 7.05 Å². The summed E-state index contributed by atoms with van der Waals surface area (Å²) >= 11 is 0. The van der Waals surface area contributed by atoms with Gasteiger partial charge in [-0.3, -0.25) is 9.59 Å². The van der Waals surface area contributed by atoms with Crippen molar-refractivity contribution in [1.82, 2.24) is 4.31 Å². The van der Waals surface area contributed by atoms with Gasteiger partial charge in [-0.15, -0.1) is 0 Å². The summed E-state index contributed by atoms with van der Waals surface area (Å²) in [5.74, 6) is -2.49. The number of hydrogen-bond donors (Lipinski definition) is 1. The van der Waals surface area contributed by atoms with Crippen molar-refractivity contribution in [1.29, 1.82) is 0 Å². The van der Waals surface area contributed by atoms with Crippen molar-refractivity contribution < 1.29 is 27.9 Å². The van der Waals surface area contributed by atoms with Crippen LogP contribution in [0.3, 0.4) is 0 Å². The number of rotatable bonds is 5. The molecule has 0 amide bonds. The van der Waals surface area contributed by atoms with Gasteiger partial charge in [0.25, 0.3) is 0 Å². The van der Waals surface area contributed by atoms with Crippen molar-refractivity contribution >= 4 is 22.0 Å². The van der Waals surface area contributed by atoms with Crippen LogP contribution in [0.1, 0.15) is 32.6 Å². The topological polar surface area (TPSA) is 101 Å². The lowest BCUT2D eigenvalue weighted by atomic mass is 9.89. The fourth-order valence-electron chi connectivity index (χ4n) is 2.46. The molecule has 1 aliphatic rings. The van der Waals surface area contributed by atoms with Crippen LogP contribution in [0, 0.1) is 5.92 Å². The molecule has 3 atom stereocenters. The summed E-state index contributed by atoms with van der Waals surface area (Å²) in [5.41, 5.74) is 0. The molecular weight excluding hydrogens is 286 g/mol. The largest absolute Gasteiger partial charge is 0.480 e. The number of ether oxygens (including phenoxy) is 1. The van der Waals surface area contributed by atoms with E-state index in [1.54, 1.807) is 0 Å². The fraction of sp³-hybridized carbons (Fsp3) is 0.833. The average molecular weight is 307 g/mol. The molecule has 20 heavy (non-hydrogen) atoms. The van der Waals surface area contributed by atoms with Crippen molar-refractivity contribution in [3.05, 3.63) is 0 Å². The van der Waals surface area contributed by atoms with Gasteiger partial charge in [0.15, 0.2) is 0 Å². The van der Waals surface area contributed by atoms with Crippen molar-refractivity contribution in [3.63, 3.8) is 0 Å². The summed E-state index contributed by atoms with van der Waals surface area (Å²) in [5, 5.41) is 8.03. The number of carbonyl (C=O) groups excluding carboxylic acids is 1. The minimum absolute atomic E-state index is 0.346. The SMILES string of the molecule is COC(=O)C1CCCCC1S(=O)(=O)N(C)C(C)C(=O)O. The Morgan fingerprint density at radius 1 is 1.30 bits per heavy atom. The van der Waals surface area contributed by atoms with E-state index in [-0.39, 0.29) is 0 Å². The van der Waals surface area contributed by atoms with Gasteiger partial charge < -0.3 is 9.84 Å². The molecule has 0 bridgehead atoms. The molecule has 0 aromatic carbocycles. The number of carboxylic acids is 1. The van der Waals surface area contributed by atoms with Gasteiger partial charge in [-0.2, -0.15) is 4.31 Å².